The third-order valence-electron chi connectivity index (χ3n) is 4.19. The molecule has 0 radical (unpaired) electrons. The minimum atomic E-state index is 0. The molecule has 0 spiro atoms. The molecule has 0 saturated carbocycles. The van der Waals surface area contributed by atoms with Gasteiger partial charge in [-0.1, -0.05) is 60.7 Å². The van der Waals surface area contributed by atoms with Gasteiger partial charge < -0.3 is 10.6 Å². The minimum Gasteiger partial charge on any atom is -0.357 e. The first kappa shape index (κ1) is 21.9. The van der Waals surface area contributed by atoms with Crippen molar-refractivity contribution in [1.29, 1.82) is 0 Å². The largest absolute Gasteiger partial charge is 0.357 e. The van der Waals surface area contributed by atoms with Crippen LogP contribution in [0, 0.1) is 0 Å². The molecule has 0 unspecified atom stereocenters. The van der Waals surface area contributed by atoms with Crippen LogP contribution in [0.1, 0.15) is 23.6 Å². The fourth-order valence-electron chi connectivity index (χ4n) is 2.83. The summed E-state index contributed by atoms with van der Waals surface area (Å²) < 4.78 is 1.95. The molecule has 5 nitrogen and oxygen atoms in total. The maximum absolute atomic E-state index is 4.68. The number of nitrogens with one attached hydrogen (secondary N) is 2. The Morgan fingerprint density at radius 2 is 1.61 bits per heavy atom. The molecule has 1 aromatic heterocycles. The first-order chi connectivity index (χ1) is 13.3. The van der Waals surface area contributed by atoms with Gasteiger partial charge in [0.25, 0.3) is 0 Å². The van der Waals surface area contributed by atoms with Crippen LogP contribution in [0.15, 0.2) is 78.0 Å². The number of aliphatic imine (C=N–C) groups is 1. The molecule has 0 fully saturated rings. The number of hydrogen-bond donors (Lipinski definition) is 2. The first-order valence-electron chi connectivity index (χ1n) is 9.45. The number of guanidine groups is 1. The van der Waals surface area contributed by atoms with Crippen molar-refractivity contribution >= 4 is 29.9 Å². The highest BCUT2D eigenvalue weighted by atomic mass is 127. The highest BCUT2D eigenvalue weighted by Crippen LogP contribution is 2.05. The van der Waals surface area contributed by atoms with Gasteiger partial charge in [0.15, 0.2) is 5.96 Å². The lowest BCUT2D eigenvalue weighted by Crippen LogP contribution is -2.38. The van der Waals surface area contributed by atoms with E-state index in [0.717, 1.165) is 37.6 Å². The molecule has 28 heavy (non-hydrogen) atoms. The highest BCUT2D eigenvalue weighted by Gasteiger charge is 2.01. The van der Waals surface area contributed by atoms with Crippen LogP contribution in [0.25, 0.3) is 0 Å². The van der Waals surface area contributed by atoms with Crippen molar-refractivity contribution in [2.24, 2.45) is 4.99 Å². The molecule has 6 heteroatoms. The van der Waals surface area contributed by atoms with Crippen molar-refractivity contribution in [3.8, 4) is 0 Å². The fourth-order valence-corrected chi connectivity index (χ4v) is 2.83. The lowest BCUT2D eigenvalue weighted by Gasteiger charge is -2.11. The van der Waals surface area contributed by atoms with Crippen molar-refractivity contribution in [3.63, 3.8) is 0 Å². The van der Waals surface area contributed by atoms with Crippen LogP contribution in [0.3, 0.4) is 0 Å². The predicted octanol–water partition coefficient (Wildman–Crippen LogP) is 3.85. The molecule has 2 N–H and O–H groups in total. The van der Waals surface area contributed by atoms with E-state index in [1.807, 2.05) is 35.1 Å². The topological polar surface area (TPSA) is 54.2 Å². The Morgan fingerprint density at radius 1 is 0.929 bits per heavy atom. The van der Waals surface area contributed by atoms with Gasteiger partial charge in [-0.3, -0.25) is 4.68 Å². The van der Waals surface area contributed by atoms with Gasteiger partial charge in [-0.05, 0) is 24.5 Å². The van der Waals surface area contributed by atoms with Crippen molar-refractivity contribution in [1.82, 2.24) is 20.4 Å². The first-order valence-corrected chi connectivity index (χ1v) is 9.45. The number of hydrogen-bond acceptors (Lipinski definition) is 2. The quantitative estimate of drug-likeness (QED) is 0.287. The lowest BCUT2D eigenvalue weighted by atomic mass is 10.1. The SMILES string of the molecule is CCNC(=NCc1cnn(Cc2ccccc2)c1)NCCc1ccccc1.I. The van der Waals surface area contributed by atoms with E-state index >= 15 is 0 Å². The molecule has 0 saturated heterocycles. The third kappa shape index (κ3) is 7.34. The molecular weight excluding hydrogens is 461 g/mol. The Bertz CT molecular complexity index is 830. The fraction of sp³-hybridized carbons (Fsp3) is 0.273. The van der Waals surface area contributed by atoms with Gasteiger partial charge in [0.05, 0.1) is 19.3 Å². The normalized spacial score (nSPS) is 11.0. The predicted molar refractivity (Wildman–Crippen MR) is 126 cm³/mol. The third-order valence-corrected chi connectivity index (χ3v) is 4.19. The monoisotopic (exact) mass is 489 g/mol. The molecule has 0 amide bonds. The summed E-state index contributed by atoms with van der Waals surface area (Å²) in [5, 5.41) is 11.1. The van der Waals surface area contributed by atoms with Gasteiger partial charge in [-0.25, -0.2) is 4.99 Å². The Morgan fingerprint density at radius 3 is 2.29 bits per heavy atom. The van der Waals surface area contributed by atoms with Gasteiger partial charge in [0.1, 0.15) is 0 Å². The molecular formula is C22H28IN5. The Balaban J connectivity index is 0.00000280. The van der Waals surface area contributed by atoms with Crippen molar-refractivity contribution in [2.45, 2.75) is 26.4 Å². The highest BCUT2D eigenvalue weighted by molar-refractivity contribution is 14.0. The minimum absolute atomic E-state index is 0. The van der Waals surface area contributed by atoms with Crippen molar-refractivity contribution in [2.75, 3.05) is 13.1 Å². The van der Waals surface area contributed by atoms with Crippen LogP contribution in [-0.4, -0.2) is 28.8 Å². The second-order valence-electron chi connectivity index (χ2n) is 6.39. The van der Waals surface area contributed by atoms with Crippen LogP contribution >= 0.6 is 24.0 Å². The molecule has 0 atom stereocenters. The van der Waals surface area contributed by atoms with Gasteiger partial charge in [-0.15, -0.1) is 24.0 Å². The molecule has 148 valence electrons. The van der Waals surface area contributed by atoms with E-state index in [-0.39, 0.29) is 24.0 Å². The molecule has 2 aromatic carbocycles. The summed E-state index contributed by atoms with van der Waals surface area (Å²) in [6, 6.07) is 20.8. The van der Waals surface area contributed by atoms with E-state index < -0.39 is 0 Å². The van der Waals surface area contributed by atoms with Crippen LogP contribution in [-0.2, 0) is 19.5 Å². The zero-order chi connectivity index (χ0) is 18.7. The molecule has 0 aliphatic carbocycles. The van der Waals surface area contributed by atoms with E-state index in [0.29, 0.717) is 6.54 Å². The standard InChI is InChI=1S/C22H27N5.HI/c1-2-23-22(24-14-13-19-9-5-3-6-10-19)25-15-21-16-26-27(18-21)17-20-11-7-4-8-12-20;/h3-12,16,18H,2,13-15,17H2,1H3,(H2,23,24,25);1H. The van der Waals surface area contributed by atoms with Gasteiger partial charge >= 0.3 is 0 Å². The Kier molecular flexibility index (Phi) is 9.54. The second kappa shape index (κ2) is 12.2. The summed E-state index contributed by atoms with van der Waals surface area (Å²) in [7, 11) is 0. The maximum Gasteiger partial charge on any atom is 0.191 e. The van der Waals surface area contributed by atoms with E-state index in [1.54, 1.807) is 0 Å². The number of rotatable bonds is 8. The second-order valence-corrected chi connectivity index (χ2v) is 6.39. The Labute approximate surface area is 184 Å². The molecule has 0 aliphatic rings. The van der Waals surface area contributed by atoms with Gasteiger partial charge in [-0.2, -0.15) is 5.10 Å². The van der Waals surface area contributed by atoms with E-state index in [9.17, 15) is 0 Å². The van der Waals surface area contributed by atoms with E-state index in [1.165, 1.54) is 11.1 Å². The van der Waals surface area contributed by atoms with E-state index in [4.69, 9.17) is 0 Å². The number of nitrogens with zero attached hydrogens (tertiary/aromatic N) is 3. The summed E-state index contributed by atoms with van der Waals surface area (Å²) in [4.78, 5) is 4.68. The summed E-state index contributed by atoms with van der Waals surface area (Å²) in [6.07, 6.45) is 4.92. The summed E-state index contributed by atoms with van der Waals surface area (Å²) in [5.41, 5.74) is 3.67. The maximum atomic E-state index is 4.68. The van der Waals surface area contributed by atoms with Crippen molar-refractivity contribution in [3.05, 3.63) is 89.7 Å². The lowest BCUT2D eigenvalue weighted by molar-refractivity contribution is 0.686. The number of halogens is 1. The molecule has 1 heterocycles. The van der Waals surface area contributed by atoms with Crippen molar-refractivity contribution < 1.29 is 0 Å². The smallest absolute Gasteiger partial charge is 0.191 e. The van der Waals surface area contributed by atoms with Crippen LogP contribution in [0.5, 0.6) is 0 Å². The van der Waals surface area contributed by atoms with Crippen LogP contribution in [0.4, 0.5) is 0 Å². The van der Waals surface area contributed by atoms with Gasteiger partial charge in [0, 0.05) is 24.8 Å². The molecule has 3 aromatic rings. The Hall–Kier alpha value is -2.35. The zero-order valence-corrected chi connectivity index (χ0v) is 18.5. The summed E-state index contributed by atoms with van der Waals surface area (Å²) >= 11 is 0. The summed E-state index contributed by atoms with van der Waals surface area (Å²) in [5.74, 6) is 0.837. The summed E-state index contributed by atoms with van der Waals surface area (Å²) in [6.45, 7) is 5.15. The molecule has 3 rings (SSSR count). The average molecular weight is 489 g/mol. The molecule has 0 bridgehead atoms. The molecule has 0 aliphatic heterocycles. The van der Waals surface area contributed by atoms with E-state index in [2.05, 4.69) is 70.2 Å². The number of benzene rings is 2. The van der Waals surface area contributed by atoms with Gasteiger partial charge in [0.2, 0.25) is 0 Å². The zero-order valence-electron chi connectivity index (χ0n) is 16.2. The average Bonchev–Trinajstić information content (AvgIpc) is 3.15. The van der Waals surface area contributed by atoms with Crippen LogP contribution in [0.2, 0.25) is 0 Å². The van der Waals surface area contributed by atoms with Crippen LogP contribution < -0.4 is 10.6 Å². The number of aromatic nitrogens is 2.